The summed E-state index contributed by atoms with van der Waals surface area (Å²) in [7, 11) is 0. The third-order valence-electron chi connectivity index (χ3n) is 4.79. The van der Waals surface area contributed by atoms with Crippen LogP contribution in [0.4, 0.5) is 10.1 Å². The van der Waals surface area contributed by atoms with Gasteiger partial charge < -0.3 is 14.8 Å². The SMILES string of the molecule is CCOc1cc(/C=C(\C#N)C(=O)Nc2ccccc2F)cc(I)c1OCc1cc(C)cc(C)c1. The molecule has 0 fully saturated rings. The fraction of sp³-hybridized carbons (Fsp3) is 0.185. The van der Waals surface area contributed by atoms with Gasteiger partial charge in [-0.05, 0) is 84.8 Å². The molecule has 0 aliphatic heterocycles. The molecular weight excluding hydrogens is 546 g/mol. The van der Waals surface area contributed by atoms with Crippen LogP contribution in [0.3, 0.4) is 0 Å². The summed E-state index contributed by atoms with van der Waals surface area (Å²) in [4.78, 5) is 12.6. The number of benzene rings is 3. The van der Waals surface area contributed by atoms with Gasteiger partial charge >= 0.3 is 0 Å². The van der Waals surface area contributed by atoms with Crippen LogP contribution in [0.15, 0.2) is 60.2 Å². The van der Waals surface area contributed by atoms with Crippen molar-refractivity contribution in [2.75, 3.05) is 11.9 Å². The fourth-order valence-corrected chi connectivity index (χ4v) is 4.23. The summed E-state index contributed by atoms with van der Waals surface area (Å²) < 4.78 is 26.5. The van der Waals surface area contributed by atoms with Gasteiger partial charge in [0.1, 0.15) is 24.1 Å². The van der Waals surface area contributed by atoms with E-state index >= 15 is 0 Å². The number of halogens is 2. The maximum Gasteiger partial charge on any atom is 0.266 e. The third kappa shape index (κ3) is 6.58. The van der Waals surface area contributed by atoms with E-state index in [9.17, 15) is 14.4 Å². The molecule has 3 aromatic carbocycles. The van der Waals surface area contributed by atoms with Crippen LogP contribution in [0, 0.1) is 34.6 Å². The van der Waals surface area contributed by atoms with E-state index in [4.69, 9.17) is 9.47 Å². The van der Waals surface area contributed by atoms with E-state index in [1.54, 1.807) is 18.2 Å². The Labute approximate surface area is 212 Å². The lowest BCUT2D eigenvalue weighted by Crippen LogP contribution is -2.14. The monoisotopic (exact) mass is 570 g/mol. The number of rotatable bonds is 8. The Morgan fingerprint density at radius 1 is 1.12 bits per heavy atom. The van der Waals surface area contributed by atoms with Crippen LogP contribution in [0.2, 0.25) is 0 Å². The number of anilines is 1. The predicted molar refractivity (Wildman–Crippen MR) is 139 cm³/mol. The number of nitrogens with one attached hydrogen (secondary N) is 1. The lowest BCUT2D eigenvalue weighted by atomic mass is 10.1. The molecule has 0 heterocycles. The third-order valence-corrected chi connectivity index (χ3v) is 5.60. The topological polar surface area (TPSA) is 71.3 Å². The molecule has 0 saturated heterocycles. The fourth-order valence-electron chi connectivity index (χ4n) is 3.45. The van der Waals surface area contributed by atoms with E-state index in [2.05, 4.69) is 46.1 Å². The number of nitriles is 1. The molecular formula is C27H24FIN2O3. The number of carbonyl (C=O) groups excluding carboxylic acids is 1. The van der Waals surface area contributed by atoms with Gasteiger partial charge in [-0.15, -0.1) is 0 Å². The second kappa shape index (κ2) is 11.7. The highest BCUT2D eigenvalue weighted by Gasteiger charge is 2.15. The summed E-state index contributed by atoms with van der Waals surface area (Å²) in [5.74, 6) is -0.174. The van der Waals surface area contributed by atoms with E-state index < -0.39 is 11.7 Å². The van der Waals surface area contributed by atoms with Gasteiger partial charge in [0.15, 0.2) is 11.5 Å². The van der Waals surface area contributed by atoms with Crippen molar-refractivity contribution in [3.63, 3.8) is 0 Å². The summed E-state index contributed by atoms with van der Waals surface area (Å²) in [5, 5.41) is 12.0. The number of hydrogen-bond acceptors (Lipinski definition) is 4. The Kier molecular flexibility index (Phi) is 8.66. The van der Waals surface area contributed by atoms with Crippen LogP contribution >= 0.6 is 22.6 Å². The molecule has 0 saturated carbocycles. The normalized spacial score (nSPS) is 11.0. The Morgan fingerprint density at radius 2 is 1.82 bits per heavy atom. The summed E-state index contributed by atoms with van der Waals surface area (Å²) in [6, 6.07) is 17.4. The number of ether oxygens (including phenoxy) is 2. The van der Waals surface area contributed by atoms with Crippen molar-refractivity contribution < 1.29 is 18.7 Å². The molecule has 7 heteroatoms. The first-order valence-corrected chi connectivity index (χ1v) is 11.7. The molecule has 3 rings (SSSR count). The molecule has 0 aromatic heterocycles. The molecule has 1 N–H and O–H groups in total. The molecule has 34 heavy (non-hydrogen) atoms. The van der Waals surface area contributed by atoms with E-state index in [-0.39, 0.29) is 11.3 Å². The maximum atomic E-state index is 13.9. The number of carbonyl (C=O) groups is 1. The van der Waals surface area contributed by atoms with E-state index in [0.717, 1.165) is 20.3 Å². The average Bonchev–Trinajstić information content (AvgIpc) is 2.78. The van der Waals surface area contributed by atoms with E-state index in [0.29, 0.717) is 30.3 Å². The standard InChI is InChI=1S/C27H24FIN2O3/c1-4-33-25-14-19(12-21(15-30)27(32)31-24-8-6-5-7-22(24)28)13-23(29)26(25)34-16-20-10-17(2)9-18(3)11-20/h5-14H,4,16H2,1-3H3,(H,31,32)/b21-12+. The zero-order valence-electron chi connectivity index (χ0n) is 19.1. The highest BCUT2D eigenvalue weighted by molar-refractivity contribution is 14.1. The number of aryl methyl sites for hydroxylation is 2. The van der Waals surface area contributed by atoms with Crippen LogP contribution < -0.4 is 14.8 Å². The molecule has 0 unspecified atom stereocenters. The van der Waals surface area contributed by atoms with Crippen LogP contribution in [0.1, 0.15) is 29.2 Å². The van der Waals surface area contributed by atoms with Crippen molar-refractivity contribution in [2.45, 2.75) is 27.4 Å². The molecule has 174 valence electrons. The molecule has 5 nitrogen and oxygen atoms in total. The first kappa shape index (κ1) is 25.2. The lowest BCUT2D eigenvalue weighted by molar-refractivity contribution is -0.112. The minimum atomic E-state index is -0.698. The Bertz CT molecular complexity index is 1260. The molecule has 1 amide bonds. The van der Waals surface area contributed by atoms with Gasteiger partial charge in [0.05, 0.1) is 15.9 Å². The van der Waals surface area contributed by atoms with Crippen LogP contribution in [-0.2, 0) is 11.4 Å². The summed E-state index contributed by atoms with van der Waals surface area (Å²) in [6.45, 7) is 6.75. The van der Waals surface area contributed by atoms with Crippen LogP contribution in [0.25, 0.3) is 6.08 Å². The average molecular weight is 570 g/mol. The molecule has 0 bridgehead atoms. The highest BCUT2D eigenvalue weighted by Crippen LogP contribution is 2.35. The number of amides is 1. The Balaban J connectivity index is 1.86. The molecule has 0 aliphatic rings. The van der Waals surface area contributed by atoms with Gasteiger partial charge in [0, 0.05) is 0 Å². The minimum absolute atomic E-state index is 0.00775. The van der Waals surface area contributed by atoms with Crippen molar-refractivity contribution in [3.8, 4) is 17.6 Å². The first-order chi connectivity index (χ1) is 16.3. The molecule has 0 aliphatic carbocycles. The van der Waals surface area contributed by atoms with Crippen molar-refractivity contribution in [1.82, 2.24) is 0 Å². The predicted octanol–water partition coefficient (Wildman–Crippen LogP) is 6.57. The molecule has 0 spiro atoms. The van der Waals surface area contributed by atoms with Gasteiger partial charge in [-0.1, -0.05) is 41.5 Å². The summed E-state index contributed by atoms with van der Waals surface area (Å²) in [6.07, 6.45) is 1.44. The second-order valence-electron chi connectivity index (χ2n) is 7.65. The van der Waals surface area contributed by atoms with Gasteiger partial charge in [-0.25, -0.2) is 4.39 Å². The number of para-hydroxylation sites is 1. The van der Waals surface area contributed by atoms with E-state index in [1.807, 2.05) is 26.8 Å². The van der Waals surface area contributed by atoms with Gasteiger partial charge in [0.2, 0.25) is 0 Å². The largest absolute Gasteiger partial charge is 0.490 e. The van der Waals surface area contributed by atoms with Crippen molar-refractivity contribution in [2.24, 2.45) is 0 Å². The quantitative estimate of drug-likeness (QED) is 0.189. The molecule has 0 radical (unpaired) electrons. The van der Waals surface area contributed by atoms with E-state index in [1.165, 1.54) is 24.3 Å². The highest BCUT2D eigenvalue weighted by atomic mass is 127. The van der Waals surface area contributed by atoms with Crippen molar-refractivity contribution in [3.05, 3.63) is 91.8 Å². The van der Waals surface area contributed by atoms with Crippen LogP contribution in [0.5, 0.6) is 11.5 Å². The zero-order valence-corrected chi connectivity index (χ0v) is 21.3. The minimum Gasteiger partial charge on any atom is -0.490 e. The maximum absolute atomic E-state index is 13.9. The Hall–Kier alpha value is -3.38. The number of nitrogens with zero attached hydrogens (tertiary/aromatic N) is 1. The molecule has 3 aromatic rings. The van der Waals surface area contributed by atoms with Crippen molar-refractivity contribution in [1.29, 1.82) is 5.26 Å². The van der Waals surface area contributed by atoms with Crippen molar-refractivity contribution >= 4 is 40.3 Å². The van der Waals surface area contributed by atoms with Gasteiger partial charge in [-0.2, -0.15) is 5.26 Å². The summed E-state index contributed by atoms with van der Waals surface area (Å²) in [5.41, 5.74) is 3.81. The smallest absolute Gasteiger partial charge is 0.266 e. The zero-order chi connectivity index (χ0) is 24.7. The second-order valence-corrected chi connectivity index (χ2v) is 8.81. The number of hydrogen-bond donors (Lipinski definition) is 1. The summed E-state index contributed by atoms with van der Waals surface area (Å²) >= 11 is 2.14. The molecule has 0 atom stereocenters. The lowest BCUT2D eigenvalue weighted by Gasteiger charge is -2.15. The van der Waals surface area contributed by atoms with Gasteiger partial charge in [-0.3, -0.25) is 4.79 Å². The first-order valence-electron chi connectivity index (χ1n) is 10.6. The van der Waals surface area contributed by atoms with Crippen LogP contribution in [-0.4, -0.2) is 12.5 Å². The van der Waals surface area contributed by atoms with Gasteiger partial charge in [0.25, 0.3) is 5.91 Å². The Morgan fingerprint density at radius 3 is 2.47 bits per heavy atom.